The van der Waals surface area contributed by atoms with E-state index in [9.17, 15) is 0 Å². The maximum Gasteiger partial charge on any atom is 0.169 e. The SMILES string of the molecule is CCCCNC(=S)N1CCN(Cc2cccc3ccccc23)CC1. The van der Waals surface area contributed by atoms with E-state index in [2.05, 4.69) is 64.5 Å². The standard InChI is InChI=1S/C20H27N3S/c1-2-3-11-21-20(24)23-14-12-22(13-15-23)16-18-9-6-8-17-7-4-5-10-19(17)18/h4-10H,2-3,11-16H2,1H3,(H,21,24). The molecule has 3 nitrogen and oxygen atoms in total. The quantitative estimate of drug-likeness (QED) is 0.661. The third kappa shape index (κ3) is 4.25. The first-order valence-corrected chi connectivity index (χ1v) is 9.40. The van der Waals surface area contributed by atoms with Crippen molar-refractivity contribution < 1.29 is 0 Å². The highest BCUT2D eigenvalue weighted by molar-refractivity contribution is 7.80. The Morgan fingerprint density at radius 3 is 2.58 bits per heavy atom. The summed E-state index contributed by atoms with van der Waals surface area (Å²) in [6, 6.07) is 15.3. The van der Waals surface area contributed by atoms with Gasteiger partial charge < -0.3 is 10.2 Å². The highest BCUT2D eigenvalue weighted by atomic mass is 32.1. The van der Waals surface area contributed by atoms with Gasteiger partial charge in [0.05, 0.1) is 0 Å². The van der Waals surface area contributed by atoms with E-state index in [1.807, 2.05) is 0 Å². The Bertz CT molecular complexity index is 672. The van der Waals surface area contributed by atoms with Crippen LogP contribution in [0.15, 0.2) is 42.5 Å². The van der Waals surface area contributed by atoms with E-state index in [4.69, 9.17) is 12.2 Å². The van der Waals surface area contributed by atoms with Crippen molar-refractivity contribution in [1.82, 2.24) is 15.1 Å². The zero-order chi connectivity index (χ0) is 16.8. The third-order valence-corrected chi connectivity index (χ3v) is 5.14. The molecule has 3 rings (SSSR count). The fraction of sp³-hybridized carbons (Fsp3) is 0.450. The third-order valence-electron chi connectivity index (χ3n) is 4.74. The van der Waals surface area contributed by atoms with Crippen molar-refractivity contribution in [3.05, 3.63) is 48.0 Å². The van der Waals surface area contributed by atoms with Gasteiger partial charge in [0.2, 0.25) is 0 Å². The lowest BCUT2D eigenvalue weighted by Gasteiger charge is -2.36. The average Bonchev–Trinajstić information content (AvgIpc) is 2.63. The van der Waals surface area contributed by atoms with Crippen LogP contribution in [0, 0.1) is 0 Å². The molecule has 0 unspecified atom stereocenters. The number of hydrogen-bond donors (Lipinski definition) is 1. The van der Waals surface area contributed by atoms with Gasteiger partial charge >= 0.3 is 0 Å². The van der Waals surface area contributed by atoms with E-state index in [1.54, 1.807) is 0 Å². The Labute approximate surface area is 150 Å². The van der Waals surface area contributed by atoms with Gasteiger partial charge in [0.25, 0.3) is 0 Å². The first-order valence-electron chi connectivity index (χ1n) is 8.99. The van der Waals surface area contributed by atoms with Crippen molar-refractivity contribution in [2.24, 2.45) is 0 Å². The summed E-state index contributed by atoms with van der Waals surface area (Å²) in [5, 5.41) is 7.01. The second-order valence-electron chi connectivity index (χ2n) is 6.49. The monoisotopic (exact) mass is 341 g/mol. The van der Waals surface area contributed by atoms with E-state index in [0.29, 0.717) is 0 Å². The number of rotatable bonds is 5. The van der Waals surface area contributed by atoms with Crippen LogP contribution in [0.1, 0.15) is 25.3 Å². The molecule has 0 saturated carbocycles. The van der Waals surface area contributed by atoms with Crippen LogP contribution < -0.4 is 5.32 Å². The Morgan fingerprint density at radius 2 is 1.79 bits per heavy atom. The predicted molar refractivity (Wildman–Crippen MR) is 106 cm³/mol. The molecule has 0 spiro atoms. The van der Waals surface area contributed by atoms with Gasteiger partial charge in [-0.25, -0.2) is 0 Å². The molecule has 2 aromatic carbocycles. The van der Waals surface area contributed by atoms with Gasteiger partial charge in [-0.1, -0.05) is 55.8 Å². The lowest BCUT2D eigenvalue weighted by Crippen LogP contribution is -2.51. The van der Waals surface area contributed by atoms with Crippen LogP contribution in [0.5, 0.6) is 0 Å². The van der Waals surface area contributed by atoms with Gasteiger partial charge in [-0.15, -0.1) is 0 Å². The second kappa shape index (κ2) is 8.45. The van der Waals surface area contributed by atoms with Gasteiger partial charge in [0, 0.05) is 39.3 Å². The minimum absolute atomic E-state index is 0.924. The van der Waals surface area contributed by atoms with Crippen LogP contribution in [0.3, 0.4) is 0 Å². The molecule has 1 saturated heterocycles. The molecule has 0 atom stereocenters. The molecular formula is C20H27N3S. The molecule has 4 heteroatoms. The predicted octanol–water partition coefficient (Wildman–Crippen LogP) is 3.63. The molecule has 1 aliphatic heterocycles. The fourth-order valence-electron chi connectivity index (χ4n) is 3.26. The summed E-state index contributed by atoms with van der Waals surface area (Å²) >= 11 is 5.52. The topological polar surface area (TPSA) is 18.5 Å². The van der Waals surface area contributed by atoms with Crippen molar-refractivity contribution in [2.45, 2.75) is 26.3 Å². The van der Waals surface area contributed by atoms with E-state index in [-0.39, 0.29) is 0 Å². The maximum absolute atomic E-state index is 5.52. The molecule has 24 heavy (non-hydrogen) atoms. The molecule has 1 aliphatic rings. The van der Waals surface area contributed by atoms with E-state index < -0.39 is 0 Å². The highest BCUT2D eigenvalue weighted by Crippen LogP contribution is 2.20. The van der Waals surface area contributed by atoms with Crippen molar-refractivity contribution in [3.63, 3.8) is 0 Å². The van der Waals surface area contributed by atoms with Gasteiger partial charge in [-0.3, -0.25) is 4.90 Å². The lowest BCUT2D eigenvalue weighted by molar-refractivity contribution is 0.175. The molecule has 0 aliphatic carbocycles. The number of hydrogen-bond acceptors (Lipinski definition) is 2. The van der Waals surface area contributed by atoms with Crippen LogP contribution in [0.4, 0.5) is 0 Å². The lowest BCUT2D eigenvalue weighted by atomic mass is 10.0. The van der Waals surface area contributed by atoms with Gasteiger partial charge in [0.1, 0.15) is 0 Å². The summed E-state index contributed by atoms with van der Waals surface area (Å²) in [7, 11) is 0. The van der Waals surface area contributed by atoms with E-state index in [0.717, 1.165) is 44.4 Å². The number of nitrogens with zero attached hydrogens (tertiary/aromatic N) is 2. The van der Waals surface area contributed by atoms with E-state index >= 15 is 0 Å². The number of thiocarbonyl (C=S) groups is 1. The summed E-state index contributed by atoms with van der Waals surface area (Å²) in [6.07, 6.45) is 2.38. The summed E-state index contributed by atoms with van der Waals surface area (Å²) < 4.78 is 0. The number of fused-ring (bicyclic) bond motifs is 1. The molecule has 0 radical (unpaired) electrons. The summed E-state index contributed by atoms with van der Waals surface area (Å²) in [5.41, 5.74) is 1.42. The molecule has 0 bridgehead atoms. The van der Waals surface area contributed by atoms with Crippen molar-refractivity contribution >= 4 is 28.1 Å². The maximum atomic E-state index is 5.52. The first-order chi connectivity index (χ1) is 11.8. The zero-order valence-corrected chi connectivity index (χ0v) is 15.3. The molecule has 128 valence electrons. The van der Waals surface area contributed by atoms with Crippen LogP contribution in [-0.4, -0.2) is 47.6 Å². The van der Waals surface area contributed by atoms with Crippen LogP contribution in [-0.2, 0) is 6.54 Å². The zero-order valence-electron chi connectivity index (χ0n) is 14.5. The normalized spacial score (nSPS) is 15.6. The summed E-state index contributed by atoms with van der Waals surface area (Å²) in [5.74, 6) is 0. The molecule has 2 aromatic rings. The Balaban J connectivity index is 1.54. The van der Waals surface area contributed by atoms with Crippen LogP contribution in [0.2, 0.25) is 0 Å². The van der Waals surface area contributed by atoms with Crippen molar-refractivity contribution in [3.8, 4) is 0 Å². The largest absolute Gasteiger partial charge is 0.363 e. The average molecular weight is 342 g/mol. The second-order valence-corrected chi connectivity index (χ2v) is 6.87. The smallest absolute Gasteiger partial charge is 0.169 e. The van der Waals surface area contributed by atoms with Crippen molar-refractivity contribution in [2.75, 3.05) is 32.7 Å². The summed E-state index contributed by atoms with van der Waals surface area (Å²) in [4.78, 5) is 4.84. The van der Waals surface area contributed by atoms with Crippen LogP contribution >= 0.6 is 12.2 Å². The molecule has 1 fully saturated rings. The van der Waals surface area contributed by atoms with Crippen molar-refractivity contribution in [1.29, 1.82) is 0 Å². The molecule has 0 amide bonds. The number of unbranched alkanes of at least 4 members (excludes halogenated alkanes) is 1. The highest BCUT2D eigenvalue weighted by Gasteiger charge is 2.19. The minimum atomic E-state index is 0.924. The molecule has 1 heterocycles. The summed E-state index contributed by atoms with van der Waals surface area (Å²) in [6.45, 7) is 8.39. The van der Waals surface area contributed by atoms with E-state index in [1.165, 1.54) is 29.2 Å². The molecular weight excluding hydrogens is 314 g/mol. The Kier molecular flexibility index (Phi) is 6.05. The Morgan fingerprint density at radius 1 is 1.04 bits per heavy atom. The Hall–Kier alpha value is -1.65. The minimum Gasteiger partial charge on any atom is -0.363 e. The van der Waals surface area contributed by atoms with Gasteiger partial charge in [-0.05, 0) is 35.0 Å². The first kappa shape index (κ1) is 17.2. The molecule has 0 aromatic heterocycles. The van der Waals surface area contributed by atoms with Gasteiger partial charge in [0.15, 0.2) is 5.11 Å². The number of piperazine rings is 1. The number of benzene rings is 2. The molecule has 1 N–H and O–H groups in total. The number of nitrogens with one attached hydrogen (secondary N) is 1. The fourth-order valence-corrected chi connectivity index (χ4v) is 3.55. The van der Waals surface area contributed by atoms with Crippen LogP contribution in [0.25, 0.3) is 10.8 Å². The van der Waals surface area contributed by atoms with Gasteiger partial charge in [-0.2, -0.15) is 0 Å².